The van der Waals surface area contributed by atoms with E-state index in [4.69, 9.17) is 0 Å². The van der Waals surface area contributed by atoms with Gasteiger partial charge in [0, 0.05) is 15.3 Å². The number of aromatic nitrogens is 1. The van der Waals surface area contributed by atoms with Crippen LogP contribution in [0.2, 0.25) is 0 Å². The summed E-state index contributed by atoms with van der Waals surface area (Å²) in [6.07, 6.45) is 0.952. The molecule has 6 heteroatoms. The van der Waals surface area contributed by atoms with Crippen LogP contribution in [0.3, 0.4) is 0 Å². The first-order chi connectivity index (χ1) is 10.0. The third-order valence-electron chi connectivity index (χ3n) is 5.09. The Morgan fingerprint density at radius 3 is 2.19 bits per heavy atom. The highest BCUT2D eigenvalue weighted by atomic mass is 79.9. The number of aryl methyl sites for hydroxylation is 1. The highest BCUT2D eigenvalue weighted by Gasteiger charge is 2.66. The lowest BCUT2D eigenvalue weighted by Crippen LogP contribution is -2.37. The fraction of sp³-hybridized carbons (Fsp3) is 0.533. The van der Waals surface area contributed by atoms with Crippen LogP contribution < -0.4 is 4.90 Å². The lowest BCUT2D eigenvalue weighted by molar-refractivity contribution is -0.123. The Kier molecular flexibility index (Phi) is 3.05. The number of carbonyl (C=O) groups is 2. The Balaban J connectivity index is 1.75. The summed E-state index contributed by atoms with van der Waals surface area (Å²) in [5, 5.41) is 0. The smallest absolute Gasteiger partial charge is 0.239 e. The molecule has 2 bridgehead atoms. The van der Waals surface area contributed by atoms with Crippen LogP contribution in [-0.2, 0) is 9.59 Å². The van der Waals surface area contributed by atoms with Crippen molar-refractivity contribution in [3.63, 3.8) is 0 Å². The quantitative estimate of drug-likeness (QED) is 0.525. The van der Waals surface area contributed by atoms with Gasteiger partial charge in [-0.25, -0.2) is 9.88 Å². The predicted octanol–water partition coefficient (Wildman–Crippen LogP) is 2.67. The minimum Gasteiger partial charge on any atom is -0.274 e. The van der Waals surface area contributed by atoms with Crippen LogP contribution in [0.1, 0.15) is 12.1 Å². The van der Waals surface area contributed by atoms with Crippen molar-refractivity contribution in [2.45, 2.75) is 23.0 Å². The van der Waals surface area contributed by atoms with Gasteiger partial charge in [-0.2, -0.15) is 0 Å². The average molecular weight is 414 g/mol. The van der Waals surface area contributed by atoms with Gasteiger partial charge in [-0.1, -0.05) is 37.9 Å². The molecule has 6 atom stereocenters. The fourth-order valence-corrected chi connectivity index (χ4v) is 6.10. The first-order valence-electron chi connectivity index (χ1n) is 7.10. The Morgan fingerprint density at radius 2 is 1.67 bits per heavy atom. The van der Waals surface area contributed by atoms with Crippen molar-refractivity contribution in [3.05, 3.63) is 23.9 Å². The Morgan fingerprint density at radius 1 is 1.10 bits per heavy atom. The Labute approximate surface area is 139 Å². The van der Waals surface area contributed by atoms with Gasteiger partial charge in [0.25, 0.3) is 0 Å². The molecule has 0 spiro atoms. The summed E-state index contributed by atoms with van der Waals surface area (Å²) in [5.41, 5.74) is 0.810. The molecule has 2 saturated carbocycles. The number of carbonyl (C=O) groups excluding carboxylic acids is 2. The average Bonchev–Trinajstić information content (AvgIpc) is 3.04. The molecule has 1 saturated heterocycles. The normalized spacial score (nSPS) is 41.0. The van der Waals surface area contributed by atoms with Gasteiger partial charge < -0.3 is 0 Å². The predicted molar refractivity (Wildman–Crippen MR) is 85.5 cm³/mol. The van der Waals surface area contributed by atoms with Gasteiger partial charge >= 0.3 is 0 Å². The number of amides is 2. The van der Waals surface area contributed by atoms with Gasteiger partial charge in [0.1, 0.15) is 5.82 Å². The minimum atomic E-state index is -0.178. The minimum absolute atomic E-state index is 0.0700. The Bertz CT molecular complexity index is 618. The first-order valence-corrected chi connectivity index (χ1v) is 8.93. The third kappa shape index (κ3) is 1.75. The molecule has 1 aromatic heterocycles. The standard InChI is InChI=1S/C15H14Br2N2O2/c1-6-3-2-4-9(18-6)19-14(20)10-7-5-8(11(10)15(19)21)13(17)12(7)16/h2-4,7-8,10-13H,5H2,1H3/t7-,8-,10-,11-,12+,13+/m1/s1. The van der Waals surface area contributed by atoms with Gasteiger partial charge in [-0.15, -0.1) is 0 Å². The molecular weight excluding hydrogens is 400 g/mol. The fourth-order valence-electron chi connectivity index (χ4n) is 4.23. The van der Waals surface area contributed by atoms with Crippen molar-refractivity contribution in [1.82, 2.24) is 4.98 Å². The zero-order valence-electron chi connectivity index (χ0n) is 11.4. The van der Waals surface area contributed by atoms with Gasteiger partial charge in [-0.3, -0.25) is 9.59 Å². The second-order valence-corrected chi connectivity index (χ2v) is 8.27. The molecule has 0 aromatic carbocycles. The molecule has 2 amide bonds. The van der Waals surface area contributed by atoms with E-state index < -0.39 is 0 Å². The summed E-state index contributed by atoms with van der Waals surface area (Å²) in [6.45, 7) is 1.86. The maximum absolute atomic E-state index is 12.8. The molecule has 4 nitrogen and oxygen atoms in total. The molecule has 0 unspecified atom stereocenters. The maximum Gasteiger partial charge on any atom is 0.239 e. The number of halogens is 2. The summed E-state index contributed by atoms with van der Waals surface area (Å²) in [5.74, 6) is 0.465. The zero-order chi connectivity index (χ0) is 14.9. The number of fused-ring (bicyclic) bond motifs is 5. The van der Waals surface area contributed by atoms with Gasteiger partial charge in [0.15, 0.2) is 0 Å². The number of rotatable bonds is 1. The highest BCUT2D eigenvalue weighted by Crippen LogP contribution is 2.60. The monoisotopic (exact) mass is 412 g/mol. The number of pyridine rings is 1. The second-order valence-electron chi connectivity index (χ2n) is 6.15. The zero-order valence-corrected chi connectivity index (χ0v) is 14.5. The van der Waals surface area contributed by atoms with Crippen molar-refractivity contribution in [2.75, 3.05) is 4.90 Å². The van der Waals surface area contributed by atoms with E-state index in [1.165, 1.54) is 4.90 Å². The van der Waals surface area contributed by atoms with Crippen molar-refractivity contribution in [3.8, 4) is 0 Å². The summed E-state index contributed by atoms with van der Waals surface area (Å²) in [6, 6.07) is 5.44. The summed E-state index contributed by atoms with van der Waals surface area (Å²) in [4.78, 5) is 31.8. The molecule has 2 heterocycles. The molecule has 3 fully saturated rings. The van der Waals surface area contributed by atoms with E-state index in [-0.39, 0.29) is 45.1 Å². The molecule has 1 aromatic rings. The van der Waals surface area contributed by atoms with Crippen LogP contribution in [-0.4, -0.2) is 26.5 Å². The van der Waals surface area contributed by atoms with E-state index in [2.05, 4.69) is 36.8 Å². The number of imide groups is 1. The lowest BCUT2D eigenvalue weighted by atomic mass is 9.81. The summed E-state index contributed by atoms with van der Waals surface area (Å²) in [7, 11) is 0. The number of hydrogen-bond acceptors (Lipinski definition) is 3. The number of alkyl halides is 2. The molecule has 1 aliphatic heterocycles. The number of anilines is 1. The van der Waals surface area contributed by atoms with Crippen LogP contribution in [0.15, 0.2) is 18.2 Å². The summed E-state index contributed by atoms with van der Waals surface area (Å²) < 4.78 is 0. The second kappa shape index (κ2) is 4.62. The molecule has 2 aliphatic carbocycles. The van der Waals surface area contributed by atoms with Gasteiger partial charge in [-0.05, 0) is 37.3 Å². The van der Waals surface area contributed by atoms with Crippen molar-refractivity contribution >= 4 is 49.5 Å². The van der Waals surface area contributed by atoms with E-state index in [1.807, 2.05) is 19.1 Å². The summed E-state index contributed by atoms with van der Waals surface area (Å²) >= 11 is 7.38. The molecule has 110 valence electrons. The van der Waals surface area contributed by atoms with Crippen LogP contribution in [0.4, 0.5) is 5.82 Å². The van der Waals surface area contributed by atoms with Crippen molar-refractivity contribution in [2.24, 2.45) is 23.7 Å². The third-order valence-corrected chi connectivity index (χ3v) is 8.30. The van der Waals surface area contributed by atoms with E-state index in [9.17, 15) is 9.59 Å². The number of hydrogen-bond donors (Lipinski definition) is 0. The van der Waals surface area contributed by atoms with Crippen LogP contribution in [0.5, 0.6) is 0 Å². The van der Waals surface area contributed by atoms with E-state index in [0.29, 0.717) is 5.82 Å². The van der Waals surface area contributed by atoms with Crippen LogP contribution in [0, 0.1) is 30.6 Å². The maximum atomic E-state index is 12.8. The first kappa shape index (κ1) is 13.9. The molecule has 0 N–H and O–H groups in total. The van der Waals surface area contributed by atoms with E-state index in [1.54, 1.807) is 6.07 Å². The van der Waals surface area contributed by atoms with Crippen molar-refractivity contribution in [1.29, 1.82) is 0 Å². The van der Waals surface area contributed by atoms with Gasteiger partial charge in [0.05, 0.1) is 11.8 Å². The molecule has 3 aliphatic rings. The molecule has 0 radical (unpaired) electrons. The van der Waals surface area contributed by atoms with Crippen molar-refractivity contribution < 1.29 is 9.59 Å². The largest absolute Gasteiger partial charge is 0.274 e. The SMILES string of the molecule is Cc1cccc(N2C(=O)[C@@H]3[C@H]4C[C@@H]([C@H](Br)[C@H]4Br)[C@H]3C2=O)n1. The lowest BCUT2D eigenvalue weighted by Gasteiger charge is -2.28. The van der Waals surface area contributed by atoms with E-state index in [0.717, 1.165) is 12.1 Å². The highest BCUT2D eigenvalue weighted by molar-refractivity contribution is 9.12. The molecular formula is C15H14Br2N2O2. The molecule has 21 heavy (non-hydrogen) atoms. The number of nitrogens with zero attached hydrogens (tertiary/aromatic N) is 2. The van der Waals surface area contributed by atoms with Crippen LogP contribution in [0.25, 0.3) is 0 Å². The topological polar surface area (TPSA) is 50.3 Å². The van der Waals surface area contributed by atoms with E-state index >= 15 is 0 Å². The van der Waals surface area contributed by atoms with Gasteiger partial charge in [0.2, 0.25) is 11.8 Å². The Hall–Kier alpha value is -0.750. The molecule has 4 rings (SSSR count). The van der Waals surface area contributed by atoms with Crippen LogP contribution >= 0.6 is 31.9 Å².